The van der Waals surface area contributed by atoms with E-state index < -0.39 is 18.5 Å². The van der Waals surface area contributed by atoms with Gasteiger partial charge in [-0.3, -0.25) is 4.79 Å². The summed E-state index contributed by atoms with van der Waals surface area (Å²) >= 11 is 0. The molecule has 0 aliphatic rings. The average molecular weight is 286 g/mol. The smallest absolute Gasteiger partial charge is 0.285 e. The highest BCUT2D eigenvalue weighted by Gasteiger charge is 2.32. The summed E-state index contributed by atoms with van der Waals surface area (Å²) in [5.74, 6) is -3.34. The molecule has 4 nitrogen and oxygen atoms in total. The van der Waals surface area contributed by atoms with Crippen LogP contribution in [0.2, 0.25) is 0 Å². The second kappa shape index (κ2) is 7.91. The van der Waals surface area contributed by atoms with Gasteiger partial charge in [0.2, 0.25) is 5.91 Å². The summed E-state index contributed by atoms with van der Waals surface area (Å²) in [6.07, 6.45) is 0. The number of ether oxygens (including phenoxy) is 1. The van der Waals surface area contributed by atoms with Crippen LogP contribution in [-0.4, -0.2) is 38.8 Å². The van der Waals surface area contributed by atoms with Crippen LogP contribution in [0.5, 0.6) is 0 Å². The molecule has 0 bridgehead atoms. The third-order valence-corrected chi connectivity index (χ3v) is 2.83. The van der Waals surface area contributed by atoms with Gasteiger partial charge in [-0.15, -0.1) is 0 Å². The molecule has 6 heteroatoms. The Labute approximate surface area is 117 Å². The maximum atomic E-state index is 13.9. The number of carbonyl (C=O) groups is 1. The summed E-state index contributed by atoms with van der Waals surface area (Å²) in [6.45, 7) is 1.70. The lowest BCUT2D eigenvalue weighted by Gasteiger charge is -2.20. The second-order valence-electron chi connectivity index (χ2n) is 4.46. The van der Waals surface area contributed by atoms with Crippen molar-refractivity contribution in [3.8, 4) is 0 Å². The van der Waals surface area contributed by atoms with E-state index in [2.05, 4.69) is 10.6 Å². The number of alkyl halides is 2. The molecule has 0 heterocycles. The number of hydrogen-bond donors (Lipinski definition) is 2. The summed E-state index contributed by atoms with van der Waals surface area (Å²) < 4.78 is 32.5. The third kappa shape index (κ3) is 5.22. The Morgan fingerprint density at radius 1 is 1.35 bits per heavy atom. The molecule has 1 atom stereocenters. The third-order valence-electron chi connectivity index (χ3n) is 2.83. The lowest BCUT2D eigenvalue weighted by atomic mass is 10.1. The lowest BCUT2D eigenvalue weighted by Crippen LogP contribution is -2.46. The summed E-state index contributed by atoms with van der Waals surface area (Å²) in [7, 11) is 1.52. The molecule has 0 radical (unpaired) electrons. The van der Waals surface area contributed by atoms with Crippen molar-refractivity contribution in [3.63, 3.8) is 0 Å². The Hall–Kier alpha value is -1.53. The van der Waals surface area contributed by atoms with E-state index in [4.69, 9.17) is 4.74 Å². The number of nitrogens with one attached hydrogen (secondary N) is 2. The highest BCUT2D eigenvalue weighted by molar-refractivity contribution is 5.81. The van der Waals surface area contributed by atoms with Crippen molar-refractivity contribution in [2.24, 2.45) is 0 Å². The summed E-state index contributed by atoms with van der Waals surface area (Å²) in [5.41, 5.74) is -0.0699. The number of benzene rings is 1. The number of methoxy groups -OCH3 is 1. The van der Waals surface area contributed by atoms with E-state index in [0.717, 1.165) is 0 Å². The number of amides is 1. The molecule has 1 unspecified atom stereocenters. The normalized spacial score (nSPS) is 13.0. The van der Waals surface area contributed by atoms with Gasteiger partial charge >= 0.3 is 0 Å². The summed E-state index contributed by atoms with van der Waals surface area (Å²) in [6, 6.07) is 6.84. The van der Waals surface area contributed by atoms with Crippen LogP contribution in [0.4, 0.5) is 8.78 Å². The van der Waals surface area contributed by atoms with Crippen molar-refractivity contribution < 1.29 is 18.3 Å². The summed E-state index contributed by atoms with van der Waals surface area (Å²) in [4.78, 5) is 11.6. The van der Waals surface area contributed by atoms with E-state index in [-0.39, 0.29) is 11.5 Å². The minimum Gasteiger partial charge on any atom is -0.383 e. The molecule has 1 aromatic carbocycles. The first-order chi connectivity index (χ1) is 9.47. The van der Waals surface area contributed by atoms with Crippen LogP contribution in [0.15, 0.2) is 30.3 Å². The van der Waals surface area contributed by atoms with Crippen molar-refractivity contribution >= 4 is 5.91 Å². The fraction of sp³-hybridized carbons (Fsp3) is 0.500. The standard InChI is InChI=1S/C14H20F2N2O2/c1-11(13(19)17-8-9-20-2)18-10-14(15,16)12-6-4-3-5-7-12/h3-7,11,18H,8-10H2,1-2H3,(H,17,19). The van der Waals surface area contributed by atoms with Gasteiger partial charge in [0.15, 0.2) is 0 Å². The average Bonchev–Trinajstić information content (AvgIpc) is 2.46. The van der Waals surface area contributed by atoms with Crippen LogP contribution >= 0.6 is 0 Å². The Bertz CT molecular complexity index is 413. The minimum atomic E-state index is -3.01. The molecule has 20 heavy (non-hydrogen) atoms. The number of halogens is 2. The molecule has 1 aromatic rings. The summed E-state index contributed by atoms with van der Waals surface area (Å²) in [5, 5.41) is 5.13. The van der Waals surface area contributed by atoms with E-state index in [1.807, 2.05) is 0 Å². The van der Waals surface area contributed by atoms with Crippen LogP contribution in [0.25, 0.3) is 0 Å². The quantitative estimate of drug-likeness (QED) is 0.712. The maximum absolute atomic E-state index is 13.9. The van der Waals surface area contributed by atoms with Gasteiger partial charge in [0.25, 0.3) is 5.92 Å². The molecule has 2 N–H and O–H groups in total. The van der Waals surface area contributed by atoms with E-state index in [1.165, 1.54) is 19.2 Å². The SMILES string of the molecule is COCCNC(=O)C(C)NCC(F)(F)c1ccccc1. The van der Waals surface area contributed by atoms with E-state index in [9.17, 15) is 13.6 Å². The first-order valence-electron chi connectivity index (χ1n) is 6.41. The van der Waals surface area contributed by atoms with Gasteiger partial charge in [0.1, 0.15) is 0 Å². The fourth-order valence-corrected chi connectivity index (χ4v) is 1.59. The van der Waals surface area contributed by atoms with Crippen LogP contribution in [0, 0.1) is 0 Å². The predicted molar refractivity (Wildman–Crippen MR) is 72.7 cm³/mol. The zero-order valence-electron chi connectivity index (χ0n) is 11.7. The van der Waals surface area contributed by atoms with Crippen molar-refractivity contribution in [3.05, 3.63) is 35.9 Å². The Morgan fingerprint density at radius 2 is 2.00 bits per heavy atom. The van der Waals surface area contributed by atoms with Crippen LogP contribution in [-0.2, 0) is 15.5 Å². The predicted octanol–water partition coefficient (Wildman–Crippen LogP) is 1.52. The number of carbonyl (C=O) groups excluding carboxylic acids is 1. The van der Waals surface area contributed by atoms with Crippen molar-refractivity contribution in [1.82, 2.24) is 10.6 Å². The Morgan fingerprint density at radius 3 is 2.60 bits per heavy atom. The maximum Gasteiger partial charge on any atom is 0.285 e. The van der Waals surface area contributed by atoms with Crippen molar-refractivity contribution in [1.29, 1.82) is 0 Å². The van der Waals surface area contributed by atoms with Crippen LogP contribution in [0.3, 0.4) is 0 Å². The van der Waals surface area contributed by atoms with E-state index >= 15 is 0 Å². The highest BCUT2D eigenvalue weighted by Crippen LogP contribution is 2.26. The Kier molecular flexibility index (Phi) is 6.54. The van der Waals surface area contributed by atoms with Gasteiger partial charge in [0.05, 0.1) is 19.2 Å². The van der Waals surface area contributed by atoms with Gasteiger partial charge in [-0.2, -0.15) is 8.78 Å². The monoisotopic (exact) mass is 286 g/mol. The minimum absolute atomic E-state index is 0.0699. The first-order valence-corrected chi connectivity index (χ1v) is 6.41. The van der Waals surface area contributed by atoms with Gasteiger partial charge in [-0.25, -0.2) is 0 Å². The van der Waals surface area contributed by atoms with Crippen molar-refractivity contribution in [2.45, 2.75) is 18.9 Å². The van der Waals surface area contributed by atoms with Gasteiger partial charge < -0.3 is 15.4 Å². The van der Waals surface area contributed by atoms with Gasteiger partial charge in [-0.05, 0) is 6.92 Å². The fourth-order valence-electron chi connectivity index (χ4n) is 1.59. The second-order valence-corrected chi connectivity index (χ2v) is 4.46. The molecule has 0 saturated carbocycles. The molecule has 0 aliphatic heterocycles. The topological polar surface area (TPSA) is 50.4 Å². The molecule has 1 amide bonds. The lowest BCUT2D eigenvalue weighted by molar-refractivity contribution is -0.123. The molecule has 0 aliphatic carbocycles. The van der Waals surface area contributed by atoms with E-state index in [0.29, 0.717) is 13.2 Å². The Balaban J connectivity index is 2.43. The van der Waals surface area contributed by atoms with Gasteiger partial charge in [-0.1, -0.05) is 30.3 Å². The van der Waals surface area contributed by atoms with Crippen LogP contribution in [0.1, 0.15) is 12.5 Å². The first kappa shape index (κ1) is 16.5. The largest absolute Gasteiger partial charge is 0.383 e. The molecule has 0 saturated heterocycles. The molecule has 0 aromatic heterocycles. The number of rotatable bonds is 8. The van der Waals surface area contributed by atoms with Crippen molar-refractivity contribution in [2.75, 3.05) is 26.8 Å². The molecule has 112 valence electrons. The molecular weight excluding hydrogens is 266 g/mol. The number of hydrogen-bond acceptors (Lipinski definition) is 3. The molecular formula is C14H20F2N2O2. The van der Waals surface area contributed by atoms with Gasteiger partial charge in [0, 0.05) is 19.2 Å². The molecule has 0 fully saturated rings. The zero-order chi connectivity index (χ0) is 15.0. The molecule has 0 spiro atoms. The molecule has 1 rings (SSSR count). The highest BCUT2D eigenvalue weighted by atomic mass is 19.3. The van der Waals surface area contributed by atoms with E-state index in [1.54, 1.807) is 25.1 Å². The zero-order valence-corrected chi connectivity index (χ0v) is 11.7. The van der Waals surface area contributed by atoms with Crippen LogP contribution < -0.4 is 10.6 Å².